The van der Waals surface area contributed by atoms with E-state index in [1.54, 1.807) is 7.11 Å². The minimum atomic E-state index is -0.776. The highest BCUT2D eigenvalue weighted by Crippen LogP contribution is 2.16. The van der Waals surface area contributed by atoms with Crippen molar-refractivity contribution in [1.82, 2.24) is 4.90 Å². The lowest BCUT2D eigenvalue weighted by Gasteiger charge is -2.26. The Morgan fingerprint density at radius 1 is 1.39 bits per heavy atom. The van der Waals surface area contributed by atoms with E-state index < -0.39 is 12.0 Å². The smallest absolute Gasteiger partial charge is 0.321 e. The van der Waals surface area contributed by atoms with Crippen LogP contribution in [0, 0.1) is 0 Å². The molecule has 4 nitrogen and oxygen atoms in total. The molecule has 1 rings (SSSR count). The molecule has 0 aromatic heterocycles. The number of benzene rings is 1. The summed E-state index contributed by atoms with van der Waals surface area (Å²) < 4.78 is 5.15. The number of rotatable bonds is 7. The van der Waals surface area contributed by atoms with Crippen LogP contribution in [0.15, 0.2) is 24.3 Å². The molecule has 100 valence electrons. The number of hydrogen-bond acceptors (Lipinski definition) is 3. The first-order valence-electron chi connectivity index (χ1n) is 6.22. The van der Waals surface area contributed by atoms with Gasteiger partial charge in [-0.1, -0.05) is 26.0 Å². The van der Waals surface area contributed by atoms with Crippen LogP contribution in [-0.4, -0.2) is 42.2 Å². The van der Waals surface area contributed by atoms with Gasteiger partial charge in [-0.25, -0.2) is 0 Å². The molecule has 0 radical (unpaired) electrons. The summed E-state index contributed by atoms with van der Waals surface area (Å²) in [5.41, 5.74) is 0.980. The van der Waals surface area contributed by atoms with Gasteiger partial charge in [0, 0.05) is 0 Å². The zero-order chi connectivity index (χ0) is 13.5. The quantitative estimate of drug-likeness (QED) is 0.805. The van der Waals surface area contributed by atoms with Crippen LogP contribution in [0.4, 0.5) is 0 Å². The highest BCUT2D eigenvalue weighted by Gasteiger charge is 2.23. The Kier molecular flexibility index (Phi) is 5.65. The summed E-state index contributed by atoms with van der Waals surface area (Å²) in [5.74, 6) is -0.0160. The maximum Gasteiger partial charge on any atom is 0.321 e. The van der Waals surface area contributed by atoms with Crippen LogP contribution in [0.1, 0.15) is 19.4 Å². The van der Waals surface area contributed by atoms with Crippen molar-refractivity contribution >= 4 is 5.97 Å². The second-order valence-electron chi connectivity index (χ2n) is 4.13. The van der Waals surface area contributed by atoms with Crippen molar-refractivity contribution in [1.29, 1.82) is 0 Å². The third-order valence-electron chi connectivity index (χ3n) is 3.10. The topological polar surface area (TPSA) is 49.8 Å². The molecule has 1 aromatic rings. The summed E-state index contributed by atoms with van der Waals surface area (Å²) in [4.78, 5) is 13.3. The predicted molar refractivity (Wildman–Crippen MR) is 71.0 cm³/mol. The molecule has 1 aromatic carbocycles. The first-order valence-corrected chi connectivity index (χ1v) is 6.22. The van der Waals surface area contributed by atoms with E-state index in [2.05, 4.69) is 0 Å². The van der Waals surface area contributed by atoms with Crippen LogP contribution >= 0.6 is 0 Å². The average Bonchev–Trinajstić information content (AvgIpc) is 2.39. The van der Waals surface area contributed by atoms with Gasteiger partial charge in [0.2, 0.25) is 0 Å². The number of nitrogens with zero attached hydrogens (tertiary/aromatic N) is 1. The van der Waals surface area contributed by atoms with Crippen molar-refractivity contribution in [2.45, 2.75) is 26.3 Å². The molecule has 0 spiro atoms. The van der Waals surface area contributed by atoms with Gasteiger partial charge in [0.25, 0.3) is 0 Å². The molecule has 0 saturated heterocycles. The summed E-state index contributed by atoms with van der Waals surface area (Å²) in [5, 5.41) is 9.32. The molecule has 0 unspecified atom stereocenters. The molecule has 0 aliphatic rings. The third-order valence-corrected chi connectivity index (χ3v) is 3.10. The number of aliphatic carboxylic acids is 1. The molecule has 0 saturated carbocycles. The van der Waals surface area contributed by atoms with Crippen molar-refractivity contribution in [2.24, 2.45) is 0 Å². The Morgan fingerprint density at radius 2 is 2.06 bits per heavy atom. The monoisotopic (exact) mass is 251 g/mol. The zero-order valence-electron chi connectivity index (χ0n) is 11.2. The number of ether oxygens (including phenoxy) is 1. The van der Waals surface area contributed by atoms with E-state index in [1.165, 1.54) is 0 Å². The van der Waals surface area contributed by atoms with Gasteiger partial charge in [-0.3, -0.25) is 9.69 Å². The summed E-state index contributed by atoms with van der Waals surface area (Å²) in [6.07, 6.45) is 0.494. The maximum absolute atomic E-state index is 11.3. The summed E-state index contributed by atoms with van der Waals surface area (Å²) >= 11 is 0. The largest absolute Gasteiger partial charge is 0.497 e. The van der Waals surface area contributed by atoms with Gasteiger partial charge in [-0.15, -0.1) is 0 Å². The number of methoxy groups -OCH3 is 1. The fourth-order valence-corrected chi connectivity index (χ4v) is 2.06. The van der Waals surface area contributed by atoms with Crippen LogP contribution in [0.3, 0.4) is 0 Å². The molecule has 0 bridgehead atoms. The van der Waals surface area contributed by atoms with E-state index in [9.17, 15) is 9.90 Å². The van der Waals surface area contributed by atoms with Gasteiger partial charge < -0.3 is 9.84 Å². The fourth-order valence-electron chi connectivity index (χ4n) is 2.06. The number of carbonyl (C=O) groups is 1. The van der Waals surface area contributed by atoms with E-state index in [0.717, 1.165) is 24.4 Å². The van der Waals surface area contributed by atoms with Crippen LogP contribution in [0.2, 0.25) is 0 Å². The van der Waals surface area contributed by atoms with Gasteiger partial charge in [-0.05, 0) is 37.2 Å². The van der Waals surface area contributed by atoms with Crippen molar-refractivity contribution in [3.8, 4) is 5.75 Å². The Labute approximate surface area is 108 Å². The van der Waals surface area contributed by atoms with E-state index in [-0.39, 0.29) is 0 Å². The molecule has 1 atom stereocenters. The maximum atomic E-state index is 11.3. The molecule has 0 aliphatic carbocycles. The summed E-state index contributed by atoms with van der Waals surface area (Å²) in [6, 6.07) is 7.08. The molecule has 0 aliphatic heterocycles. The molecule has 0 amide bonds. The minimum Gasteiger partial charge on any atom is -0.497 e. The lowest BCUT2D eigenvalue weighted by molar-refractivity contribution is -0.143. The normalized spacial score (nSPS) is 12.4. The molecular formula is C14H21NO3. The van der Waals surface area contributed by atoms with Crippen LogP contribution < -0.4 is 4.74 Å². The molecular weight excluding hydrogens is 230 g/mol. The highest BCUT2D eigenvalue weighted by atomic mass is 16.5. The van der Waals surface area contributed by atoms with Crippen LogP contribution in [0.5, 0.6) is 5.75 Å². The Hall–Kier alpha value is -1.55. The van der Waals surface area contributed by atoms with E-state index in [1.807, 2.05) is 43.0 Å². The van der Waals surface area contributed by atoms with E-state index >= 15 is 0 Å². The number of hydrogen-bond donors (Lipinski definition) is 1. The highest BCUT2D eigenvalue weighted by molar-refractivity contribution is 5.74. The zero-order valence-corrected chi connectivity index (χ0v) is 11.2. The van der Waals surface area contributed by atoms with Gasteiger partial charge in [0.05, 0.1) is 7.11 Å². The standard InChI is InChI=1S/C14H21NO3/c1-4-15(5-2)13(14(16)17)10-11-7-6-8-12(9-11)18-3/h6-9,13H,4-5,10H2,1-3H3,(H,16,17)/t13-/m1/s1. The summed E-state index contributed by atoms with van der Waals surface area (Å²) in [6.45, 7) is 5.42. The molecule has 4 heteroatoms. The summed E-state index contributed by atoms with van der Waals surface area (Å²) in [7, 11) is 1.61. The van der Waals surface area contributed by atoms with E-state index in [0.29, 0.717) is 6.42 Å². The van der Waals surface area contributed by atoms with Gasteiger partial charge in [0.1, 0.15) is 11.8 Å². The second kappa shape index (κ2) is 7.01. The van der Waals surface area contributed by atoms with Crippen molar-refractivity contribution in [3.63, 3.8) is 0 Å². The first kappa shape index (κ1) is 14.5. The SMILES string of the molecule is CCN(CC)[C@H](Cc1cccc(OC)c1)C(=O)O. The number of carboxylic acids is 1. The van der Waals surface area contributed by atoms with Crippen molar-refractivity contribution in [3.05, 3.63) is 29.8 Å². The Bertz CT molecular complexity index is 388. The second-order valence-corrected chi connectivity index (χ2v) is 4.13. The van der Waals surface area contributed by atoms with Crippen LogP contribution in [-0.2, 0) is 11.2 Å². The lowest BCUT2D eigenvalue weighted by atomic mass is 10.0. The number of likely N-dealkylation sites (N-methyl/N-ethyl adjacent to an activating group) is 1. The molecule has 18 heavy (non-hydrogen) atoms. The van der Waals surface area contributed by atoms with Gasteiger partial charge in [-0.2, -0.15) is 0 Å². The van der Waals surface area contributed by atoms with Gasteiger partial charge >= 0.3 is 5.97 Å². The first-order chi connectivity index (χ1) is 8.62. The molecule has 0 heterocycles. The minimum absolute atomic E-state index is 0.480. The van der Waals surface area contributed by atoms with E-state index in [4.69, 9.17) is 4.74 Å². The Morgan fingerprint density at radius 3 is 2.56 bits per heavy atom. The number of carboxylic acid groups (broad SMARTS) is 1. The lowest BCUT2D eigenvalue weighted by Crippen LogP contribution is -2.42. The fraction of sp³-hybridized carbons (Fsp3) is 0.500. The third kappa shape index (κ3) is 3.74. The van der Waals surface area contributed by atoms with Gasteiger partial charge in [0.15, 0.2) is 0 Å². The van der Waals surface area contributed by atoms with Crippen molar-refractivity contribution in [2.75, 3.05) is 20.2 Å². The van der Waals surface area contributed by atoms with Crippen molar-refractivity contribution < 1.29 is 14.6 Å². The molecule has 0 fully saturated rings. The molecule has 1 N–H and O–H groups in total. The average molecular weight is 251 g/mol. The predicted octanol–water partition coefficient (Wildman–Crippen LogP) is 2.03. The Balaban J connectivity index is 2.85. The van der Waals surface area contributed by atoms with Crippen LogP contribution in [0.25, 0.3) is 0 Å².